The molecule has 0 aliphatic rings. The summed E-state index contributed by atoms with van der Waals surface area (Å²) in [7, 11) is -1.79. The number of hydrogen-bond acceptors (Lipinski definition) is 4. The number of benzene rings is 2. The summed E-state index contributed by atoms with van der Waals surface area (Å²) in [5.74, 6) is 0.512. The maximum atomic E-state index is 12.2. The standard InChI is InChI=1S/C20H23ClN2O4S/c1-3-22-28(25,26)19-11-4-16(5-12-19)6-13-20(24)23(2)14-15-27-18-9-7-17(21)8-10-18/h4-13,22H,3,14-15H2,1-2H3/b13-6+. The van der Waals surface area contributed by atoms with Gasteiger partial charge in [-0.15, -0.1) is 0 Å². The van der Waals surface area contributed by atoms with Crippen molar-refractivity contribution in [1.29, 1.82) is 0 Å². The van der Waals surface area contributed by atoms with Crippen molar-refractivity contribution in [2.75, 3.05) is 26.7 Å². The Morgan fingerprint density at radius 3 is 2.39 bits per heavy atom. The molecule has 0 heterocycles. The van der Waals surface area contributed by atoms with E-state index in [1.165, 1.54) is 23.1 Å². The summed E-state index contributed by atoms with van der Waals surface area (Å²) in [6.45, 7) is 2.82. The second-order valence-corrected chi connectivity index (χ2v) is 8.17. The van der Waals surface area contributed by atoms with Crippen LogP contribution in [0.5, 0.6) is 5.75 Å². The lowest BCUT2D eigenvalue weighted by Crippen LogP contribution is -2.29. The number of hydrogen-bond donors (Lipinski definition) is 1. The summed E-state index contributed by atoms with van der Waals surface area (Å²) in [4.78, 5) is 13.9. The fraction of sp³-hybridized carbons (Fsp3) is 0.250. The van der Waals surface area contributed by atoms with E-state index in [0.717, 1.165) is 5.56 Å². The van der Waals surface area contributed by atoms with E-state index in [2.05, 4.69) is 4.72 Å². The first-order valence-electron chi connectivity index (χ1n) is 8.73. The smallest absolute Gasteiger partial charge is 0.246 e. The molecule has 28 heavy (non-hydrogen) atoms. The van der Waals surface area contributed by atoms with E-state index in [9.17, 15) is 13.2 Å². The number of ether oxygens (including phenoxy) is 1. The van der Waals surface area contributed by atoms with Crippen LogP contribution < -0.4 is 9.46 Å². The molecule has 0 atom stereocenters. The Morgan fingerprint density at radius 1 is 1.14 bits per heavy atom. The Hall–Kier alpha value is -2.35. The maximum absolute atomic E-state index is 12.2. The number of amides is 1. The fourth-order valence-electron chi connectivity index (χ4n) is 2.27. The Bertz CT molecular complexity index is 910. The Balaban J connectivity index is 1.85. The molecule has 1 N–H and O–H groups in total. The molecule has 0 radical (unpaired) electrons. The molecule has 0 spiro atoms. The average molecular weight is 423 g/mol. The number of sulfonamides is 1. The van der Waals surface area contributed by atoms with Crippen LogP contribution in [-0.2, 0) is 14.8 Å². The SMILES string of the molecule is CCNS(=O)(=O)c1ccc(/C=C/C(=O)N(C)CCOc2ccc(Cl)cc2)cc1. The van der Waals surface area contributed by atoms with Crippen molar-refractivity contribution < 1.29 is 17.9 Å². The number of nitrogens with zero attached hydrogens (tertiary/aromatic N) is 1. The molecule has 150 valence electrons. The van der Waals surface area contributed by atoms with Crippen molar-refractivity contribution in [2.45, 2.75) is 11.8 Å². The van der Waals surface area contributed by atoms with Gasteiger partial charge in [-0.05, 0) is 48.0 Å². The summed E-state index contributed by atoms with van der Waals surface area (Å²) in [5, 5.41) is 0.636. The van der Waals surface area contributed by atoms with Gasteiger partial charge in [-0.1, -0.05) is 30.7 Å². The molecule has 0 aliphatic heterocycles. The van der Waals surface area contributed by atoms with Gasteiger partial charge in [0.25, 0.3) is 0 Å². The molecule has 0 saturated carbocycles. The van der Waals surface area contributed by atoms with Crippen LogP contribution in [0.1, 0.15) is 12.5 Å². The van der Waals surface area contributed by atoms with Crippen LogP contribution in [0.25, 0.3) is 6.08 Å². The van der Waals surface area contributed by atoms with E-state index in [1.807, 2.05) is 0 Å². The van der Waals surface area contributed by atoms with Gasteiger partial charge in [-0.3, -0.25) is 4.79 Å². The zero-order valence-corrected chi connectivity index (χ0v) is 17.3. The maximum Gasteiger partial charge on any atom is 0.246 e. The van der Waals surface area contributed by atoms with E-state index in [4.69, 9.17) is 16.3 Å². The van der Waals surface area contributed by atoms with Crippen molar-refractivity contribution in [1.82, 2.24) is 9.62 Å². The highest BCUT2D eigenvalue weighted by molar-refractivity contribution is 7.89. The molecule has 0 unspecified atom stereocenters. The van der Waals surface area contributed by atoms with Crippen LogP contribution in [0.15, 0.2) is 59.5 Å². The number of carbonyl (C=O) groups excluding carboxylic acids is 1. The number of rotatable bonds is 9. The van der Waals surface area contributed by atoms with Crippen LogP contribution in [0.3, 0.4) is 0 Å². The lowest BCUT2D eigenvalue weighted by Gasteiger charge is -2.15. The average Bonchev–Trinajstić information content (AvgIpc) is 2.68. The van der Waals surface area contributed by atoms with Crippen molar-refractivity contribution in [3.63, 3.8) is 0 Å². The van der Waals surface area contributed by atoms with Crippen molar-refractivity contribution in [3.8, 4) is 5.75 Å². The molecule has 2 rings (SSSR count). The van der Waals surface area contributed by atoms with E-state index in [1.54, 1.807) is 56.4 Å². The Kier molecular flexibility index (Phi) is 8.04. The van der Waals surface area contributed by atoms with Gasteiger partial charge in [-0.2, -0.15) is 0 Å². The normalized spacial score (nSPS) is 11.5. The van der Waals surface area contributed by atoms with Gasteiger partial charge < -0.3 is 9.64 Å². The molecule has 0 aliphatic carbocycles. The molecule has 1 amide bonds. The molecule has 2 aromatic carbocycles. The molecule has 8 heteroatoms. The number of nitrogens with one attached hydrogen (secondary N) is 1. The highest BCUT2D eigenvalue weighted by Gasteiger charge is 2.11. The van der Waals surface area contributed by atoms with Gasteiger partial charge in [0.05, 0.1) is 11.4 Å². The Morgan fingerprint density at radius 2 is 1.79 bits per heavy atom. The largest absolute Gasteiger partial charge is 0.492 e. The molecule has 0 bridgehead atoms. The first-order chi connectivity index (χ1) is 13.3. The van der Waals surface area contributed by atoms with Gasteiger partial charge in [-0.25, -0.2) is 13.1 Å². The zero-order chi connectivity index (χ0) is 20.6. The second-order valence-electron chi connectivity index (χ2n) is 5.97. The molecular weight excluding hydrogens is 400 g/mol. The van der Waals surface area contributed by atoms with Crippen LogP contribution >= 0.6 is 11.6 Å². The van der Waals surface area contributed by atoms with E-state index in [-0.39, 0.29) is 10.8 Å². The first-order valence-corrected chi connectivity index (χ1v) is 10.6. The lowest BCUT2D eigenvalue weighted by molar-refractivity contribution is -0.125. The van der Waals surface area contributed by atoms with E-state index >= 15 is 0 Å². The van der Waals surface area contributed by atoms with Crippen LogP contribution in [-0.4, -0.2) is 46.0 Å². The predicted molar refractivity (Wildman–Crippen MR) is 111 cm³/mol. The minimum Gasteiger partial charge on any atom is -0.492 e. The minimum absolute atomic E-state index is 0.177. The van der Waals surface area contributed by atoms with E-state index < -0.39 is 10.0 Å². The molecule has 6 nitrogen and oxygen atoms in total. The van der Waals surface area contributed by atoms with Crippen molar-refractivity contribution in [2.24, 2.45) is 0 Å². The third-order valence-electron chi connectivity index (χ3n) is 3.83. The quantitative estimate of drug-likeness (QED) is 0.629. The van der Waals surface area contributed by atoms with Gasteiger partial charge in [0.15, 0.2) is 0 Å². The second kappa shape index (κ2) is 10.3. The molecule has 0 fully saturated rings. The Labute approximate surface area is 170 Å². The predicted octanol–water partition coefficient (Wildman–Crippen LogP) is 3.19. The molecule has 2 aromatic rings. The molecular formula is C20H23ClN2O4S. The summed E-state index contributed by atoms with van der Waals surface area (Å²) < 4.78 is 31.8. The van der Waals surface area contributed by atoms with Gasteiger partial charge in [0.2, 0.25) is 15.9 Å². The number of halogens is 1. The van der Waals surface area contributed by atoms with Gasteiger partial charge in [0, 0.05) is 24.7 Å². The first kappa shape index (κ1) is 21.9. The zero-order valence-electron chi connectivity index (χ0n) is 15.8. The molecule has 0 aromatic heterocycles. The lowest BCUT2D eigenvalue weighted by atomic mass is 10.2. The topological polar surface area (TPSA) is 75.7 Å². The third-order valence-corrected chi connectivity index (χ3v) is 5.64. The third kappa shape index (κ3) is 6.67. The molecule has 0 saturated heterocycles. The van der Waals surface area contributed by atoms with E-state index in [0.29, 0.717) is 30.5 Å². The van der Waals surface area contributed by atoms with Gasteiger partial charge >= 0.3 is 0 Å². The van der Waals surface area contributed by atoms with Gasteiger partial charge in [0.1, 0.15) is 12.4 Å². The van der Waals surface area contributed by atoms with Crippen LogP contribution in [0.4, 0.5) is 0 Å². The van der Waals surface area contributed by atoms with Crippen molar-refractivity contribution >= 4 is 33.6 Å². The summed E-state index contributed by atoms with van der Waals surface area (Å²) >= 11 is 5.82. The number of likely N-dealkylation sites (N-methyl/N-ethyl adjacent to an activating group) is 1. The highest BCUT2D eigenvalue weighted by Crippen LogP contribution is 2.15. The van der Waals surface area contributed by atoms with Crippen molar-refractivity contribution in [3.05, 3.63) is 65.2 Å². The highest BCUT2D eigenvalue weighted by atomic mass is 35.5. The summed E-state index contributed by atoms with van der Waals surface area (Å²) in [6.07, 6.45) is 3.08. The minimum atomic E-state index is -3.48. The summed E-state index contributed by atoms with van der Waals surface area (Å²) in [6, 6.07) is 13.3. The van der Waals surface area contributed by atoms with Crippen LogP contribution in [0.2, 0.25) is 5.02 Å². The fourth-order valence-corrected chi connectivity index (χ4v) is 3.43. The van der Waals surface area contributed by atoms with Crippen LogP contribution in [0, 0.1) is 0 Å². The summed E-state index contributed by atoms with van der Waals surface area (Å²) in [5.41, 5.74) is 0.731. The monoisotopic (exact) mass is 422 g/mol. The number of carbonyl (C=O) groups is 1.